The summed E-state index contributed by atoms with van der Waals surface area (Å²) in [6.07, 6.45) is 1.85. The van der Waals surface area contributed by atoms with Gasteiger partial charge in [0.05, 0.1) is 11.3 Å². The van der Waals surface area contributed by atoms with E-state index in [0.29, 0.717) is 5.69 Å². The number of aromatic nitrogens is 1. The molecule has 0 bridgehead atoms. The SMILES string of the molecule is Cn1ccc2c(N)c(C(=O)O)ccc21. The lowest BCUT2D eigenvalue weighted by Gasteiger charge is -2.03. The highest BCUT2D eigenvalue weighted by atomic mass is 16.4. The molecule has 2 aromatic rings. The molecule has 4 nitrogen and oxygen atoms in total. The standard InChI is InChI=1S/C10H10N2O2/c1-12-5-4-6-8(12)3-2-7(9(6)11)10(13)14/h2-5H,11H2,1H3,(H,13,14). The van der Waals surface area contributed by atoms with Crippen LogP contribution in [0.25, 0.3) is 10.9 Å². The Balaban J connectivity index is 2.82. The summed E-state index contributed by atoms with van der Waals surface area (Å²) in [4.78, 5) is 10.8. The highest BCUT2D eigenvalue weighted by molar-refractivity contribution is 6.04. The molecule has 0 radical (unpaired) electrons. The van der Waals surface area contributed by atoms with Crippen LogP contribution in [0, 0.1) is 0 Å². The van der Waals surface area contributed by atoms with Gasteiger partial charge in [0, 0.05) is 24.1 Å². The van der Waals surface area contributed by atoms with Gasteiger partial charge in [-0.15, -0.1) is 0 Å². The van der Waals surface area contributed by atoms with Gasteiger partial charge < -0.3 is 15.4 Å². The Morgan fingerprint density at radius 2 is 2.14 bits per heavy atom. The summed E-state index contributed by atoms with van der Waals surface area (Å²) in [7, 11) is 1.89. The number of benzene rings is 1. The summed E-state index contributed by atoms with van der Waals surface area (Å²) in [5, 5.41) is 9.63. The Morgan fingerprint density at radius 3 is 2.79 bits per heavy atom. The van der Waals surface area contributed by atoms with E-state index in [1.54, 1.807) is 6.07 Å². The molecule has 72 valence electrons. The molecule has 1 heterocycles. The van der Waals surface area contributed by atoms with Gasteiger partial charge >= 0.3 is 5.97 Å². The largest absolute Gasteiger partial charge is 0.478 e. The molecule has 2 rings (SSSR count). The number of hydrogen-bond acceptors (Lipinski definition) is 2. The van der Waals surface area contributed by atoms with Crippen LogP contribution in [0.4, 0.5) is 5.69 Å². The predicted molar refractivity (Wildman–Crippen MR) is 54.3 cm³/mol. The van der Waals surface area contributed by atoms with E-state index in [4.69, 9.17) is 10.8 Å². The van der Waals surface area contributed by atoms with Crippen molar-refractivity contribution in [2.75, 3.05) is 5.73 Å². The van der Waals surface area contributed by atoms with Crippen molar-refractivity contribution in [1.82, 2.24) is 4.57 Å². The maximum absolute atomic E-state index is 10.8. The second kappa shape index (κ2) is 2.77. The zero-order chi connectivity index (χ0) is 10.3. The van der Waals surface area contributed by atoms with Crippen molar-refractivity contribution in [2.45, 2.75) is 0 Å². The van der Waals surface area contributed by atoms with E-state index < -0.39 is 5.97 Å². The number of rotatable bonds is 1. The van der Waals surface area contributed by atoms with Crippen LogP contribution < -0.4 is 5.73 Å². The van der Waals surface area contributed by atoms with Crippen molar-refractivity contribution < 1.29 is 9.90 Å². The Morgan fingerprint density at radius 1 is 1.43 bits per heavy atom. The highest BCUT2D eigenvalue weighted by Crippen LogP contribution is 2.25. The molecule has 0 amide bonds. The molecule has 0 aliphatic rings. The second-order valence-electron chi connectivity index (χ2n) is 3.19. The molecule has 0 saturated carbocycles. The smallest absolute Gasteiger partial charge is 0.337 e. The fourth-order valence-electron chi connectivity index (χ4n) is 1.56. The molecule has 3 N–H and O–H groups in total. The molecule has 4 heteroatoms. The van der Waals surface area contributed by atoms with E-state index in [2.05, 4.69) is 0 Å². The first-order chi connectivity index (χ1) is 6.61. The minimum Gasteiger partial charge on any atom is -0.478 e. The molecular weight excluding hydrogens is 180 g/mol. The molecule has 1 aromatic heterocycles. The Bertz CT molecular complexity index is 514. The minimum absolute atomic E-state index is 0.156. The van der Waals surface area contributed by atoms with E-state index in [-0.39, 0.29) is 5.56 Å². The number of nitrogens with zero attached hydrogens (tertiary/aromatic N) is 1. The normalized spacial score (nSPS) is 10.6. The van der Waals surface area contributed by atoms with Gasteiger partial charge in [-0.05, 0) is 18.2 Å². The van der Waals surface area contributed by atoms with E-state index in [0.717, 1.165) is 10.9 Å². The summed E-state index contributed by atoms with van der Waals surface area (Å²) in [6.45, 7) is 0. The van der Waals surface area contributed by atoms with Crippen LogP contribution in [0.1, 0.15) is 10.4 Å². The van der Waals surface area contributed by atoms with Crippen molar-refractivity contribution in [3.63, 3.8) is 0 Å². The number of anilines is 1. The molecule has 0 aliphatic heterocycles. The summed E-state index contributed by atoms with van der Waals surface area (Å²) in [6, 6.07) is 5.10. The third-order valence-corrected chi connectivity index (χ3v) is 2.34. The number of nitrogens with two attached hydrogens (primary N) is 1. The topological polar surface area (TPSA) is 68.2 Å². The van der Waals surface area contributed by atoms with Gasteiger partial charge in [0.25, 0.3) is 0 Å². The average Bonchev–Trinajstić information content (AvgIpc) is 2.49. The number of nitrogen functional groups attached to an aromatic ring is 1. The number of carbonyl (C=O) groups is 1. The van der Waals surface area contributed by atoms with E-state index in [9.17, 15) is 4.79 Å². The van der Waals surface area contributed by atoms with Crippen LogP contribution in [0.3, 0.4) is 0 Å². The van der Waals surface area contributed by atoms with Crippen LogP contribution >= 0.6 is 0 Å². The third-order valence-electron chi connectivity index (χ3n) is 2.34. The van der Waals surface area contributed by atoms with Gasteiger partial charge in [0.1, 0.15) is 0 Å². The highest BCUT2D eigenvalue weighted by Gasteiger charge is 2.11. The van der Waals surface area contributed by atoms with Crippen molar-refractivity contribution >= 4 is 22.6 Å². The second-order valence-corrected chi connectivity index (χ2v) is 3.19. The van der Waals surface area contributed by atoms with Crippen LogP contribution in [0.2, 0.25) is 0 Å². The third kappa shape index (κ3) is 1.04. The first-order valence-corrected chi connectivity index (χ1v) is 4.18. The van der Waals surface area contributed by atoms with Crippen LogP contribution in [0.15, 0.2) is 24.4 Å². The summed E-state index contributed by atoms with van der Waals surface area (Å²) in [5.41, 5.74) is 7.16. The van der Waals surface area contributed by atoms with Crippen molar-refractivity contribution in [3.05, 3.63) is 30.0 Å². The number of aryl methyl sites for hydroxylation is 1. The monoisotopic (exact) mass is 190 g/mol. The fourth-order valence-corrected chi connectivity index (χ4v) is 1.56. The molecule has 0 fully saturated rings. The lowest BCUT2D eigenvalue weighted by Crippen LogP contribution is -2.02. The van der Waals surface area contributed by atoms with Crippen molar-refractivity contribution in [3.8, 4) is 0 Å². The summed E-state index contributed by atoms with van der Waals surface area (Å²) < 4.78 is 1.90. The molecule has 1 aromatic carbocycles. The van der Waals surface area contributed by atoms with E-state index in [1.165, 1.54) is 6.07 Å². The molecule has 0 unspecified atom stereocenters. The van der Waals surface area contributed by atoms with Gasteiger partial charge in [-0.3, -0.25) is 0 Å². The Kier molecular flexibility index (Phi) is 1.70. The van der Waals surface area contributed by atoms with Gasteiger partial charge in [-0.25, -0.2) is 4.79 Å². The van der Waals surface area contributed by atoms with Gasteiger partial charge in [-0.1, -0.05) is 0 Å². The first kappa shape index (κ1) is 8.62. The fraction of sp³-hybridized carbons (Fsp3) is 0.100. The number of aromatic carboxylic acids is 1. The van der Waals surface area contributed by atoms with E-state index >= 15 is 0 Å². The van der Waals surface area contributed by atoms with Gasteiger partial charge in [-0.2, -0.15) is 0 Å². The number of carboxylic acid groups (broad SMARTS) is 1. The Labute approximate surface area is 80.6 Å². The first-order valence-electron chi connectivity index (χ1n) is 4.18. The van der Waals surface area contributed by atoms with Crippen LogP contribution in [-0.2, 0) is 7.05 Å². The molecule has 14 heavy (non-hydrogen) atoms. The van der Waals surface area contributed by atoms with Gasteiger partial charge in [0.2, 0.25) is 0 Å². The summed E-state index contributed by atoms with van der Waals surface area (Å²) >= 11 is 0. The molecule has 0 spiro atoms. The van der Waals surface area contributed by atoms with Crippen molar-refractivity contribution in [2.24, 2.45) is 7.05 Å². The molecule has 0 saturated heterocycles. The maximum atomic E-state index is 10.8. The zero-order valence-electron chi connectivity index (χ0n) is 7.69. The molecule has 0 atom stereocenters. The Hall–Kier alpha value is -1.97. The molecule has 0 aliphatic carbocycles. The average molecular weight is 190 g/mol. The van der Waals surface area contributed by atoms with Crippen LogP contribution in [0.5, 0.6) is 0 Å². The predicted octanol–water partition coefficient (Wildman–Crippen LogP) is 1.46. The molecular formula is C10H10N2O2. The summed E-state index contributed by atoms with van der Waals surface area (Å²) in [5.74, 6) is -0.992. The lowest BCUT2D eigenvalue weighted by molar-refractivity contribution is 0.0698. The van der Waals surface area contributed by atoms with Crippen molar-refractivity contribution in [1.29, 1.82) is 0 Å². The maximum Gasteiger partial charge on any atom is 0.337 e. The minimum atomic E-state index is -0.992. The number of carboxylic acids is 1. The number of hydrogen-bond donors (Lipinski definition) is 2. The number of fused-ring (bicyclic) bond motifs is 1. The van der Waals surface area contributed by atoms with Crippen LogP contribution in [-0.4, -0.2) is 15.6 Å². The zero-order valence-corrected chi connectivity index (χ0v) is 7.69. The lowest BCUT2D eigenvalue weighted by atomic mass is 10.1. The van der Waals surface area contributed by atoms with E-state index in [1.807, 2.05) is 23.9 Å². The van der Waals surface area contributed by atoms with Gasteiger partial charge in [0.15, 0.2) is 0 Å². The quantitative estimate of drug-likeness (QED) is 0.669.